The van der Waals surface area contributed by atoms with Crippen LogP contribution >= 0.6 is 23.4 Å². The lowest BCUT2D eigenvalue weighted by molar-refractivity contribution is -0.274. The molecule has 0 atom stereocenters. The Morgan fingerprint density at radius 1 is 1.06 bits per heavy atom. The Labute approximate surface area is 200 Å². The predicted octanol–water partition coefficient (Wildman–Crippen LogP) is 5.15. The van der Waals surface area contributed by atoms with Crippen molar-refractivity contribution in [1.82, 2.24) is 25.0 Å². The van der Waals surface area contributed by atoms with Gasteiger partial charge in [0.25, 0.3) is 5.91 Å². The Morgan fingerprint density at radius 2 is 1.74 bits per heavy atom. The standard InChI is InChI=1S/C21H14ClF3N6O2S/c22-13-2-6-15(7-3-13)31-17(12-34-20-26-10-1-11-27-20)18(29-30-31)19(32)28-14-4-8-16(9-5-14)33-21(23,24)25/h1-11H,12H2,(H,28,32). The quantitative estimate of drug-likeness (QED) is 0.273. The molecule has 1 amide bonds. The van der Waals surface area contributed by atoms with E-state index in [1.165, 1.54) is 28.6 Å². The Hall–Kier alpha value is -3.64. The average molecular weight is 507 g/mol. The fourth-order valence-corrected chi connectivity index (χ4v) is 3.74. The van der Waals surface area contributed by atoms with E-state index in [0.717, 1.165) is 12.1 Å². The van der Waals surface area contributed by atoms with Crippen molar-refractivity contribution in [2.75, 3.05) is 5.32 Å². The number of hydrogen-bond donors (Lipinski definition) is 1. The molecule has 0 saturated heterocycles. The number of ether oxygens (including phenoxy) is 1. The van der Waals surface area contributed by atoms with E-state index in [-0.39, 0.29) is 17.1 Å². The number of alkyl halides is 3. The van der Waals surface area contributed by atoms with E-state index in [1.54, 1.807) is 42.7 Å². The molecule has 4 rings (SSSR count). The molecule has 174 valence electrons. The normalized spacial score (nSPS) is 11.3. The van der Waals surface area contributed by atoms with Crippen molar-refractivity contribution in [3.05, 3.63) is 83.4 Å². The van der Waals surface area contributed by atoms with Gasteiger partial charge in [-0.1, -0.05) is 28.6 Å². The smallest absolute Gasteiger partial charge is 0.406 e. The number of carbonyl (C=O) groups is 1. The highest BCUT2D eigenvalue weighted by atomic mass is 35.5. The van der Waals surface area contributed by atoms with E-state index in [9.17, 15) is 18.0 Å². The minimum absolute atomic E-state index is 0.0361. The number of anilines is 1. The Balaban J connectivity index is 1.58. The highest BCUT2D eigenvalue weighted by Crippen LogP contribution is 2.26. The van der Waals surface area contributed by atoms with Crippen molar-refractivity contribution in [2.24, 2.45) is 0 Å². The van der Waals surface area contributed by atoms with Gasteiger partial charge in [0.05, 0.1) is 11.4 Å². The van der Waals surface area contributed by atoms with Gasteiger partial charge in [-0.3, -0.25) is 4.79 Å². The maximum Gasteiger partial charge on any atom is 0.573 e. The van der Waals surface area contributed by atoms with Gasteiger partial charge in [0.1, 0.15) is 5.75 Å². The fourth-order valence-electron chi connectivity index (χ4n) is 2.82. The van der Waals surface area contributed by atoms with Crippen LogP contribution in [0, 0.1) is 0 Å². The number of rotatable bonds is 7. The molecule has 0 bridgehead atoms. The van der Waals surface area contributed by atoms with Crippen molar-refractivity contribution in [2.45, 2.75) is 17.3 Å². The SMILES string of the molecule is O=C(Nc1ccc(OC(F)(F)F)cc1)c1nnn(-c2ccc(Cl)cc2)c1CSc1ncccn1. The van der Waals surface area contributed by atoms with Crippen LogP contribution < -0.4 is 10.1 Å². The first-order valence-electron chi connectivity index (χ1n) is 9.56. The zero-order valence-electron chi connectivity index (χ0n) is 17.0. The number of amides is 1. The Kier molecular flexibility index (Phi) is 6.98. The van der Waals surface area contributed by atoms with Gasteiger partial charge < -0.3 is 10.1 Å². The molecule has 0 unspecified atom stereocenters. The van der Waals surface area contributed by atoms with Gasteiger partial charge in [-0.05, 0) is 54.6 Å². The first kappa shape index (κ1) is 23.5. The van der Waals surface area contributed by atoms with Crippen LogP contribution in [0.2, 0.25) is 5.02 Å². The van der Waals surface area contributed by atoms with Gasteiger partial charge in [0.15, 0.2) is 10.9 Å². The fraction of sp³-hybridized carbons (Fsp3) is 0.0952. The third kappa shape index (κ3) is 6.02. The number of aromatic nitrogens is 5. The summed E-state index contributed by atoms with van der Waals surface area (Å²) in [6.07, 6.45) is -1.60. The number of halogens is 4. The van der Waals surface area contributed by atoms with E-state index < -0.39 is 18.0 Å². The van der Waals surface area contributed by atoms with Crippen molar-refractivity contribution in [3.63, 3.8) is 0 Å². The molecule has 2 aromatic heterocycles. The second-order valence-electron chi connectivity index (χ2n) is 6.62. The third-order valence-electron chi connectivity index (χ3n) is 4.28. The van der Waals surface area contributed by atoms with E-state index >= 15 is 0 Å². The minimum atomic E-state index is -4.81. The summed E-state index contributed by atoms with van der Waals surface area (Å²) in [6, 6.07) is 13.3. The van der Waals surface area contributed by atoms with Crippen molar-refractivity contribution in [1.29, 1.82) is 0 Å². The maximum absolute atomic E-state index is 13.0. The lowest BCUT2D eigenvalue weighted by Gasteiger charge is -2.10. The van der Waals surface area contributed by atoms with Crippen LogP contribution in [0.3, 0.4) is 0 Å². The molecule has 1 N–H and O–H groups in total. The van der Waals surface area contributed by atoms with Crippen molar-refractivity contribution < 1.29 is 22.7 Å². The highest BCUT2D eigenvalue weighted by molar-refractivity contribution is 7.98. The van der Waals surface area contributed by atoms with Crippen LogP contribution in [0.4, 0.5) is 18.9 Å². The first-order valence-corrected chi connectivity index (χ1v) is 10.9. The van der Waals surface area contributed by atoms with Crippen molar-refractivity contribution >= 4 is 35.0 Å². The van der Waals surface area contributed by atoms with E-state index in [2.05, 4.69) is 30.3 Å². The zero-order valence-corrected chi connectivity index (χ0v) is 18.6. The lowest BCUT2D eigenvalue weighted by atomic mass is 10.2. The minimum Gasteiger partial charge on any atom is -0.406 e. The number of nitrogens with one attached hydrogen (secondary N) is 1. The first-order chi connectivity index (χ1) is 16.3. The number of carbonyl (C=O) groups excluding carboxylic acids is 1. The van der Waals surface area contributed by atoms with Crippen LogP contribution in [0.15, 0.2) is 72.1 Å². The van der Waals surface area contributed by atoms with Crippen LogP contribution in [-0.2, 0) is 5.75 Å². The number of benzene rings is 2. The second-order valence-corrected chi connectivity index (χ2v) is 8.00. The summed E-state index contributed by atoms with van der Waals surface area (Å²) in [4.78, 5) is 21.3. The highest BCUT2D eigenvalue weighted by Gasteiger charge is 2.31. The van der Waals surface area contributed by atoms with Gasteiger partial charge in [0, 0.05) is 28.9 Å². The average Bonchev–Trinajstić information content (AvgIpc) is 3.23. The molecule has 8 nitrogen and oxygen atoms in total. The number of hydrogen-bond acceptors (Lipinski definition) is 7. The van der Waals surface area contributed by atoms with Gasteiger partial charge in [-0.15, -0.1) is 18.3 Å². The molecule has 2 aromatic carbocycles. The Morgan fingerprint density at radius 3 is 2.38 bits per heavy atom. The molecular formula is C21H14ClF3N6O2S. The topological polar surface area (TPSA) is 94.8 Å². The summed E-state index contributed by atoms with van der Waals surface area (Å²) in [6.45, 7) is 0. The lowest BCUT2D eigenvalue weighted by Crippen LogP contribution is -2.17. The summed E-state index contributed by atoms with van der Waals surface area (Å²) < 4.78 is 42.4. The summed E-state index contributed by atoms with van der Waals surface area (Å²) in [5, 5.41) is 11.8. The molecule has 0 fully saturated rings. The molecule has 4 aromatic rings. The predicted molar refractivity (Wildman–Crippen MR) is 119 cm³/mol. The Bertz CT molecular complexity index is 1270. The van der Waals surface area contributed by atoms with Gasteiger partial charge >= 0.3 is 6.36 Å². The molecule has 13 heteroatoms. The molecule has 0 spiro atoms. The molecule has 34 heavy (non-hydrogen) atoms. The zero-order chi connectivity index (χ0) is 24.1. The van der Waals surface area contributed by atoms with Crippen LogP contribution in [0.25, 0.3) is 5.69 Å². The monoisotopic (exact) mass is 506 g/mol. The summed E-state index contributed by atoms with van der Waals surface area (Å²) in [5.41, 5.74) is 1.39. The largest absolute Gasteiger partial charge is 0.573 e. The van der Waals surface area contributed by atoms with E-state index in [1.807, 2.05) is 0 Å². The van der Waals surface area contributed by atoms with Crippen molar-refractivity contribution in [3.8, 4) is 11.4 Å². The maximum atomic E-state index is 13.0. The number of thioether (sulfide) groups is 1. The summed E-state index contributed by atoms with van der Waals surface area (Å²) >= 11 is 7.25. The van der Waals surface area contributed by atoms with Crippen LogP contribution in [0.5, 0.6) is 5.75 Å². The molecule has 0 saturated carbocycles. The van der Waals surface area contributed by atoms with E-state index in [0.29, 0.717) is 21.6 Å². The third-order valence-corrected chi connectivity index (χ3v) is 5.41. The molecule has 0 aliphatic carbocycles. The van der Waals surface area contributed by atoms with Gasteiger partial charge in [-0.25, -0.2) is 14.6 Å². The molecule has 0 aliphatic heterocycles. The molecule has 0 radical (unpaired) electrons. The second kappa shape index (κ2) is 10.1. The summed E-state index contributed by atoms with van der Waals surface area (Å²) in [7, 11) is 0. The number of nitrogens with zero attached hydrogens (tertiary/aromatic N) is 5. The molecule has 2 heterocycles. The summed E-state index contributed by atoms with van der Waals surface area (Å²) in [5.74, 6) is -0.728. The van der Waals surface area contributed by atoms with Gasteiger partial charge in [-0.2, -0.15) is 0 Å². The molecular weight excluding hydrogens is 493 g/mol. The molecule has 0 aliphatic rings. The van der Waals surface area contributed by atoms with Gasteiger partial charge in [0.2, 0.25) is 0 Å². The van der Waals surface area contributed by atoms with E-state index in [4.69, 9.17) is 11.6 Å². The van der Waals surface area contributed by atoms with Crippen LogP contribution in [0.1, 0.15) is 16.2 Å². The van der Waals surface area contributed by atoms with Crippen LogP contribution in [-0.4, -0.2) is 37.2 Å².